The summed E-state index contributed by atoms with van der Waals surface area (Å²) < 4.78 is 34.6. The molecule has 24 heavy (non-hydrogen) atoms. The van der Waals surface area contributed by atoms with Crippen molar-refractivity contribution in [3.8, 4) is 17.9 Å². The fourth-order valence-corrected chi connectivity index (χ4v) is 2.79. The minimum Gasteiger partial charge on any atom is -0.492 e. The number of nitriles is 2. The second-order valence-electron chi connectivity index (χ2n) is 4.56. The number of hydrogen-bond acceptors (Lipinski definition) is 5. The number of benzene rings is 2. The molecule has 0 saturated carbocycles. The number of thioether (sulfide) groups is 1. The van der Waals surface area contributed by atoms with E-state index in [-0.39, 0.29) is 10.6 Å². The number of nitrogens with zero attached hydrogens (tertiary/aromatic N) is 2. The topological polar surface area (TPSA) is 68.8 Å². The largest absolute Gasteiger partial charge is 0.492 e. The van der Waals surface area contributed by atoms with Crippen molar-refractivity contribution in [1.29, 1.82) is 10.5 Å². The minimum absolute atomic E-state index is 0.0747. The van der Waals surface area contributed by atoms with Crippen LogP contribution >= 0.6 is 11.8 Å². The van der Waals surface area contributed by atoms with Crippen LogP contribution in [0.15, 0.2) is 29.2 Å². The highest BCUT2D eigenvalue weighted by Gasteiger charge is 2.25. The van der Waals surface area contributed by atoms with Crippen LogP contribution in [-0.4, -0.2) is 12.9 Å². The molecule has 2 rings (SSSR count). The van der Waals surface area contributed by atoms with E-state index >= 15 is 0 Å². The Morgan fingerprint density at radius 1 is 1.12 bits per heavy atom. The molecule has 0 amide bonds. The molecule has 0 spiro atoms. The van der Waals surface area contributed by atoms with E-state index < -0.39 is 22.8 Å². The third-order valence-electron chi connectivity index (χ3n) is 3.21. The number of rotatable bonds is 5. The smallest absolute Gasteiger partial charge is 0.167 e. The Labute approximate surface area is 142 Å². The highest BCUT2D eigenvalue weighted by atomic mass is 32.2. The Balaban J connectivity index is 2.66. The second-order valence-corrected chi connectivity index (χ2v) is 5.38. The number of hydrogen-bond donors (Lipinski definition) is 1. The zero-order valence-electron chi connectivity index (χ0n) is 13.0. The van der Waals surface area contributed by atoms with Gasteiger partial charge in [-0.1, -0.05) is 12.1 Å². The summed E-state index contributed by atoms with van der Waals surface area (Å²) in [6.45, 7) is 2.21. The van der Waals surface area contributed by atoms with Crippen LogP contribution in [-0.2, 0) is 0 Å². The predicted octanol–water partition coefficient (Wildman–Crippen LogP) is 4.57. The summed E-state index contributed by atoms with van der Waals surface area (Å²) in [5.41, 5.74) is -0.976. The summed E-state index contributed by atoms with van der Waals surface area (Å²) in [6, 6.07) is 9.91. The van der Waals surface area contributed by atoms with E-state index in [9.17, 15) is 8.78 Å². The molecule has 0 saturated heterocycles. The van der Waals surface area contributed by atoms with Gasteiger partial charge in [0, 0.05) is 0 Å². The maximum absolute atomic E-state index is 14.7. The minimum atomic E-state index is -0.967. The van der Waals surface area contributed by atoms with Gasteiger partial charge >= 0.3 is 0 Å². The first-order valence-corrected chi connectivity index (χ1v) is 8.19. The first-order valence-electron chi connectivity index (χ1n) is 6.96. The zero-order chi connectivity index (χ0) is 17.7. The number of anilines is 2. The Kier molecular flexibility index (Phi) is 5.62. The van der Waals surface area contributed by atoms with Crippen molar-refractivity contribution in [3.63, 3.8) is 0 Å². The van der Waals surface area contributed by atoms with Gasteiger partial charge < -0.3 is 10.1 Å². The Morgan fingerprint density at radius 2 is 1.75 bits per heavy atom. The third-order valence-corrected chi connectivity index (χ3v) is 4.00. The molecule has 2 aromatic rings. The van der Waals surface area contributed by atoms with Crippen molar-refractivity contribution in [2.45, 2.75) is 11.8 Å². The molecule has 0 heterocycles. The second kappa shape index (κ2) is 7.67. The molecular weight excluding hydrogens is 332 g/mol. The molecule has 7 heteroatoms. The molecule has 2 aromatic carbocycles. The lowest BCUT2D eigenvalue weighted by atomic mass is 10.1. The summed E-state index contributed by atoms with van der Waals surface area (Å²) in [4.78, 5) is -0.0747. The maximum atomic E-state index is 14.7. The molecule has 0 atom stereocenters. The van der Waals surface area contributed by atoms with Crippen LogP contribution in [0.5, 0.6) is 5.75 Å². The average Bonchev–Trinajstić information content (AvgIpc) is 2.59. The van der Waals surface area contributed by atoms with Crippen molar-refractivity contribution >= 4 is 23.1 Å². The van der Waals surface area contributed by atoms with Crippen LogP contribution < -0.4 is 10.1 Å². The van der Waals surface area contributed by atoms with Crippen molar-refractivity contribution < 1.29 is 13.5 Å². The molecule has 4 nitrogen and oxygen atoms in total. The van der Waals surface area contributed by atoms with Gasteiger partial charge in [0.15, 0.2) is 11.6 Å². The fraction of sp³-hybridized carbons (Fsp3) is 0.176. The fourth-order valence-electron chi connectivity index (χ4n) is 2.17. The number of para-hydroxylation sites is 2. The summed E-state index contributed by atoms with van der Waals surface area (Å²) in [7, 11) is 0. The number of nitrogens with one attached hydrogen (secondary N) is 1. The quantitative estimate of drug-likeness (QED) is 0.804. The molecule has 0 aromatic heterocycles. The van der Waals surface area contributed by atoms with Gasteiger partial charge in [-0.2, -0.15) is 10.5 Å². The first-order chi connectivity index (χ1) is 11.6. The summed E-state index contributed by atoms with van der Waals surface area (Å²) in [5.74, 6) is -1.42. The van der Waals surface area contributed by atoms with Gasteiger partial charge in [0.05, 0.1) is 22.9 Å². The molecule has 0 aliphatic rings. The lowest BCUT2D eigenvalue weighted by molar-refractivity contribution is 0.342. The van der Waals surface area contributed by atoms with Crippen LogP contribution in [0.1, 0.15) is 18.1 Å². The van der Waals surface area contributed by atoms with Crippen molar-refractivity contribution in [1.82, 2.24) is 0 Å². The molecule has 0 unspecified atom stereocenters. The van der Waals surface area contributed by atoms with Crippen molar-refractivity contribution in [2.75, 3.05) is 18.2 Å². The van der Waals surface area contributed by atoms with Gasteiger partial charge in [0.25, 0.3) is 0 Å². The van der Waals surface area contributed by atoms with E-state index in [1.54, 1.807) is 49.6 Å². The predicted molar refractivity (Wildman–Crippen MR) is 88.5 cm³/mol. The maximum Gasteiger partial charge on any atom is 0.167 e. The van der Waals surface area contributed by atoms with Gasteiger partial charge in [-0.25, -0.2) is 8.78 Å². The monoisotopic (exact) mass is 345 g/mol. The highest BCUT2D eigenvalue weighted by Crippen LogP contribution is 2.39. The number of halogens is 2. The lowest BCUT2D eigenvalue weighted by Gasteiger charge is -2.17. The molecule has 0 aliphatic heterocycles. The van der Waals surface area contributed by atoms with Crippen LogP contribution in [0.3, 0.4) is 0 Å². The molecule has 1 N–H and O–H groups in total. The Hall–Kier alpha value is -2.77. The molecule has 0 bridgehead atoms. The Bertz CT molecular complexity index is 853. The van der Waals surface area contributed by atoms with E-state index in [1.165, 1.54) is 0 Å². The SMILES string of the molecule is CCOc1ccccc1Nc1c(F)c(C#N)c(C#N)c(F)c1SC. The standard InChI is InChI=1S/C17H13F2N3OS/c1-3-23-13-7-5-4-6-12(13)22-16-14(18)10(8-20)11(9-21)15(19)17(16)24-2/h4-7,22H,3H2,1-2H3. The van der Waals surface area contributed by atoms with E-state index in [0.29, 0.717) is 18.0 Å². The molecule has 0 fully saturated rings. The average molecular weight is 345 g/mol. The lowest BCUT2D eigenvalue weighted by Crippen LogP contribution is -2.06. The molecule has 122 valence electrons. The summed E-state index contributed by atoms with van der Waals surface area (Å²) >= 11 is 0.945. The van der Waals surface area contributed by atoms with Crippen LogP contribution in [0, 0.1) is 34.3 Å². The van der Waals surface area contributed by atoms with Crippen LogP contribution in [0.2, 0.25) is 0 Å². The molecule has 0 radical (unpaired) electrons. The van der Waals surface area contributed by atoms with E-state index in [2.05, 4.69) is 5.32 Å². The van der Waals surface area contributed by atoms with Crippen molar-refractivity contribution in [2.24, 2.45) is 0 Å². The molecular formula is C17H13F2N3OS. The third kappa shape index (κ3) is 3.12. The van der Waals surface area contributed by atoms with Crippen LogP contribution in [0.25, 0.3) is 0 Å². The highest BCUT2D eigenvalue weighted by molar-refractivity contribution is 7.98. The number of ether oxygens (including phenoxy) is 1. The van der Waals surface area contributed by atoms with Gasteiger partial charge in [-0.05, 0) is 25.3 Å². The normalized spacial score (nSPS) is 9.92. The summed E-state index contributed by atoms with van der Waals surface area (Å²) in [6.07, 6.45) is 1.56. The van der Waals surface area contributed by atoms with E-state index in [0.717, 1.165) is 11.8 Å². The van der Waals surface area contributed by atoms with E-state index in [1.807, 2.05) is 0 Å². The van der Waals surface area contributed by atoms with Crippen molar-refractivity contribution in [3.05, 3.63) is 47.0 Å². The van der Waals surface area contributed by atoms with Gasteiger partial charge in [0.1, 0.15) is 29.0 Å². The van der Waals surface area contributed by atoms with Gasteiger partial charge in [-0.15, -0.1) is 11.8 Å². The van der Waals surface area contributed by atoms with Gasteiger partial charge in [0.2, 0.25) is 0 Å². The van der Waals surface area contributed by atoms with Gasteiger partial charge in [-0.3, -0.25) is 0 Å². The molecule has 0 aliphatic carbocycles. The Morgan fingerprint density at radius 3 is 2.33 bits per heavy atom. The van der Waals surface area contributed by atoms with E-state index in [4.69, 9.17) is 15.3 Å². The first kappa shape index (κ1) is 17.6. The summed E-state index contributed by atoms with van der Waals surface area (Å²) in [5, 5.41) is 20.9. The van der Waals surface area contributed by atoms with Crippen LogP contribution in [0.4, 0.5) is 20.2 Å². The zero-order valence-corrected chi connectivity index (χ0v) is 13.8.